The smallest absolute Gasteiger partial charge is 0.226 e. The molecule has 1 atom stereocenters. The van der Waals surface area contributed by atoms with Crippen molar-refractivity contribution in [1.29, 1.82) is 0 Å². The third kappa shape index (κ3) is 4.00. The van der Waals surface area contributed by atoms with Crippen LogP contribution in [0.15, 0.2) is 29.2 Å². The fourth-order valence-electron chi connectivity index (χ4n) is 2.86. The van der Waals surface area contributed by atoms with Crippen LogP contribution in [0.4, 0.5) is 0 Å². The lowest BCUT2D eigenvalue weighted by molar-refractivity contribution is -0.129. The van der Waals surface area contributed by atoms with Crippen molar-refractivity contribution in [2.75, 3.05) is 26.7 Å². The van der Waals surface area contributed by atoms with Crippen LogP contribution in [0.25, 0.3) is 0 Å². The van der Waals surface area contributed by atoms with Gasteiger partial charge in [0.05, 0.1) is 6.42 Å². The number of benzene rings is 1. The number of thiol groups is 1. The van der Waals surface area contributed by atoms with Crippen LogP contribution in [0.5, 0.6) is 0 Å². The van der Waals surface area contributed by atoms with E-state index in [0.29, 0.717) is 12.5 Å². The Balaban J connectivity index is 1.87. The highest BCUT2D eigenvalue weighted by Gasteiger charge is 2.25. The number of likely N-dealkylation sites (tertiary alicyclic amines) is 1. The molecule has 0 aliphatic carbocycles. The van der Waals surface area contributed by atoms with E-state index in [1.807, 2.05) is 36.2 Å². The minimum atomic E-state index is 0.194. The molecule has 0 bridgehead atoms. The minimum absolute atomic E-state index is 0.194. The summed E-state index contributed by atoms with van der Waals surface area (Å²) >= 11 is 4.26. The fraction of sp³-hybridized carbons (Fsp3) is 0.562. The maximum Gasteiger partial charge on any atom is 0.226 e. The quantitative estimate of drug-likeness (QED) is 0.843. The van der Waals surface area contributed by atoms with Crippen LogP contribution in [0.2, 0.25) is 0 Å². The highest BCUT2D eigenvalue weighted by molar-refractivity contribution is 7.80. The first kappa shape index (κ1) is 15.4. The molecule has 1 heterocycles. The number of likely N-dealkylation sites (N-methyl/N-ethyl adjacent to an activating group) is 2. The maximum atomic E-state index is 12.3. The molecule has 0 spiro atoms. The van der Waals surface area contributed by atoms with Crippen molar-refractivity contribution in [3.05, 3.63) is 29.8 Å². The van der Waals surface area contributed by atoms with Crippen LogP contribution in [0.3, 0.4) is 0 Å². The standard InChI is InChI=1S/C16H24N2OS/c1-3-18-10-4-5-14(18)12-17(2)16(19)11-13-6-8-15(20)9-7-13/h6-9,14,20H,3-5,10-12H2,1-2H3. The van der Waals surface area contributed by atoms with Gasteiger partial charge in [-0.3, -0.25) is 9.69 Å². The Hall–Kier alpha value is -1.00. The second-order valence-corrected chi connectivity index (χ2v) is 6.06. The van der Waals surface area contributed by atoms with E-state index in [0.717, 1.165) is 23.5 Å². The lowest BCUT2D eigenvalue weighted by Crippen LogP contribution is -2.41. The Kier molecular flexibility index (Phi) is 5.49. The van der Waals surface area contributed by atoms with E-state index in [9.17, 15) is 4.79 Å². The van der Waals surface area contributed by atoms with Crippen molar-refractivity contribution in [2.24, 2.45) is 0 Å². The molecule has 3 nitrogen and oxygen atoms in total. The maximum absolute atomic E-state index is 12.3. The summed E-state index contributed by atoms with van der Waals surface area (Å²) in [5.41, 5.74) is 1.05. The van der Waals surface area contributed by atoms with E-state index in [4.69, 9.17) is 0 Å². The van der Waals surface area contributed by atoms with Gasteiger partial charge in [-0.15, -0.1) is 12.6 Å². The van der Waals surface area contributed by atoms with Crippen LogP contribution in [0, 0.1) is 0 Å². The van der Waals surface area contributed by atoms with Crippen LogP contribution in [0.1, 0.15) is 25.3 Å². The third-order valence-electron chi connectivity index (χ3n) is 4.11. The molecule has 1 aliphatic heterocycles. The van der Waals surface area contributed by atoms with Gasteiger partial charge < -0.3 is 4.90 Å². The summed E-state index contributed by atoms with van der Waals surface area (Å²) in [4.78, 5) is 17.6. The van der Waals surface area contributed by atoms with Gasteiger partial charge in [0.1, 0.15) is 0 Å². The molecule has 0 N–H and O–H groups in total. The minimum Gasteiger partial charge on any atom is -0.344 e. The lowest BCUT2D eigenvalue weighted by atomic mass is 10.1. The van der Waals surface area contributed by atoms with Gasteiger partial charge in [-0.1, -0.05) is 19.1 Å². The Morgan fingerprint density at radius 3 is 2.75 bits per heavy atom. The van der Waals surface area contributed by atoms with E-state index in [2.05, 4.69) is 24.5 Å². The van der Waals surface area contributed by atoms with Crippen molar-refractivity contribution < 1.29 is 4.79 Å². The predicted molar refractivity (Wildman–Crippen MR) is 85.3 cm³/mol. The van der Waals surface area contributed by atoms with E-state index in [1.165, 1.54) is 19.4 Å². The first-order valence-electron chi connectivity index (χ1n) is 7.36. The summed E-state index contributed by atoms with van der Waals surface area (Å²) in [6.07, 6.45) is 2.94. The highest BCUT2D eigenvalue weighted by Crippen LogP contribution is 2.17. The molecule has 0 aromatic heterocycles. The number of carbonyl (C=O) groups is 1. The topological polar surface area (TPSA) is 23.6 Å². The van der Waals surface area contributed by atoms with Crippen molar-refractivity contribution >= 4 is 18.5 Å². The summed E-state index contributed by atoms with van der Waals surface area (Å²) in [5, 5.41) is 0. The van der Waals surface area contributed by atoms with Crippen molar-refractivity contribution in [2.45, 2.75) is 37.1 Å². The van der Waals surface area contributed by atoms with E-state index in [-0.39, 0.29) is 5.91 Å². The first-order valence-corrected chi connectivity index (χ1v) is 7.80. The molecule has 4 heteroatoms. The number of nitrogens with zero attached hydrogens (tertiary/aromatic N) is 2. The first-order chi connectivity index (χ1) is 9.60. The molecule has 0 radical (unpaired) electrons. The molecule has 1 aliphatic rings. The molecule has 110 valence electrons. The second-order valence-electron chi connectivity index (χ2n) is 5.54. The summed E-state index contributed by atoms with van der Waals surface area (Å²) in [5.74, 6) is 0.194. The van der Waals surface area contributed by atoms with Gasteiger partial charge >= 0.3 is 0 Å². The van der Waals surface area contributed by atoms with Gasteiger partial charge in [0.15, 0.2) is 0 Å². The molecule has 1 saturated heterocycles. The number of hydrogen-bond acceptors (Lipinski definition) is 3. The Morgan fingerprint density at radius 1 is 1.40 bits per heavy atom. The summed E-state index contributed by atoms with van der Waals surface area (Å²) in [7, 11) is 1.92. The molecular weight excluding hydrogens is 268 g/mol. The van der Waals surface area contributed by atoms with Crippen LogP contribution in [-0.4, -0.2) is 48.4 Å². The van der Waals surface area contributed by atoms with Crippen LogP contribution >= 0.6 is 12.6 Å². The van der Waals surface area contributed by atoms with Crippen LogP contribution in [-0.2, 0) is 11.2 Å². The Labute approximate surface area is 127 Å². The van der Waals surface area contributed by atoms with Gasteiger partial charge in [-0.25, -0.2) is 0 Å². The average Bonchev–Trinajstić information content (AvgIpc) is 2.88. The Morgan fingerprint density at radius 2 is 2.10 bits per heavy atom. The van der Waals surface area contributed by atoms with Crippen molar-refractivity contribution in [3.8, 4) is 0 Å². The summed E-state index contributed by atoms with van der Waals surface area (Å²) in [6.45, 7) is 5.29. The number of amides is 1. The van der Waals surface area contributed by atoms with Crippen molar-refractivity contribution in [1.82, 2.24) is 9.80 Å². The molecule has 1 unspecified atom stereocenters. The number of carbonyl (C=O) groups excluding carboxylic acids is 1. The summed E-state index contributed by atoms with van der Waals surface area (Å²) in [6, 6.07) is 8.35. The molecule has 1 amide bonds. The third-order valence-corrected chi connectivity index (χ3v) is 4.41. The SMILES string of the molecule is CCN1CCCC1CN(C)C(=O)Cc1ccc(S)cc1. The van der Waals surface area contributed by atoms with Crippen LogP contribution < -0.4 is 0 Å². The van der Waals surface area contributed by atoms with E-state index in [1.54, 1.807) is 0 Å². The van der Waals surface area contributed by atoms with Crippen molar-refractivity contribution in [3.63, 3.8) is 0 Å². The zero-order valence-corrected chi connectivity index (χ0v) is 13.3. The number of rotatable bonds is 5. The summed E-state index contributed by atoms with van der Waals surface area (Å²) < 4.78 is 0. The van der Waals surface area contributed by atoms with E-state index < -0.39 is 0 Å². The largest absolute Gasteiger partial charge is 0.344 e. The van der Waals surface area contributed by atoms with E-state index >= 15 is 0 Å². The lowest BCUT2D eigenvalue weighted by Gasteiger charge is -2.27. The van der Waals surface area contributed by atoms with Gasteiger partial charge in [-0.05, 0) is 43.6 Å². The normalized spacial score (nSPS) is 19.2. The monoisotopic (exact) mass is 292 g/mol. The molecule has 20 heavy (non-hydrogen) atoms. The molecule has 1 aromatic rings. The molecule has 0 saturated carbocycles. The van der Waals surface area contributed by atoms with Gasteiger partial charge in [0.25, 0.3) is 0 Å². The van der Waals surface area contributed by atoms with Gasteiger partial charge in [-0.2, -0.15) is 0 Å². The molecule has 2 rings (SSSR count). The zero-order valence-electron chi connectivity index (χ0n) is 12.4. The zero-order chi connectivity index (χ0) is 14.5. The fourth-order valence-corrected chi connectivity index (χ4v) is 3.01. The average molecular weight is 292 g/mol. The molecule has 1 fully saturated rings. The predicted octanol–water partition coefficient (Wildman–Crippen LogP) is 2.46. The Bertz CT molecular complexity index is 446. The van der Waals surface area contributed by atoms with Gasteiger partial charge in [0.2, 0.25) is 5.91 Å². The highest BCUT2D eigenvalue weighted by atomic mass is 32.1. The molecular formula is C16H24N2OS. The molecule has 1 aromatic carbocycles. The number of hydrogen-bond donors (Lipinski definition) is 1. The second kappa shape index (κ2) is 7.14. The van der Waals surface area contributed by atoms with Gasteiger partial charge in [0, 0.05) is 24.5 Å².